The monoisotopic (exact) mass is 490 g/mol. The van der Waals surface area contributed by atoms with E-state index in [9.17, 15) is 0 Å². The molecule has 1 rings (SSSR count). The van der Waals surface area contributed by atoms with Gasteiger partial charge in [0.25, 0.3) is 0 Å². The molecule has 0 bridgehead atoms. The van der Waals surface area contributed by atoms with E-state index in [1.54, 1.807) is 0 Å². The Morgan fingerprint density at radius 3 is 1.83 bits per heavy atom. The van der Waals surface area contributed by atoms with Crippen molar-refractivity contribution in [2.75, 3.05) is 13.2 Å². The largest absolute Gasteiger partial charge is 0.391 e. The Hall–Kier alpha value is 0.817. The first-order chi connectivity index (χ1) is 8.55. The third-order valence-corrected chi connectivity index (χ3v) is 8.35. The Bertz CT molecular complexity index is 357. The molecule has 0 spiro atoms. The molecule has 0 radical (unpaired) electrons. The smallest absolute Gasteiger partial charge is 0.371 e. The quantitative estimate of drug-likeness (QED) is 0.425. The van der Waals surface area contributed by atoms with Crippen LogP contribution in [0.2, 0.25) is 6.55 Å². The van der Waals surface area contributed by atoms with Crippen molar-refractivity contribution in [2.24, 2.45) is 0 Å². The van der Waals surface area contributed by atoms with Crippen LogP contribution in [0, 0.1) is 7.14 Å². The van der Waals surface area contributed by atoms with E-state index in [4.69, 9.17) is 8.85 Å². The first kappa shape index (κ1) is 16.9. The van der Waals surface area contributed by atoms with E-state index in [0.717, 1.165) is 26.1 Å². The fourth-order valence-corrected chi connectivity index (χ4v) is 8.76. The maximum atomic E-state index is 6.14. The Morgan fingerprint density at radius 1 is 1.00 bits per heavy atom. The van der Waals surface area contributed by atoms with Gasteiger partial charge in [0.1, 0.15) is 0 Å². The van der Waals surface area contributed by atoms with E-state index in [1.165, 1.54) is 12.3 Å². The molecular weight excluding hydrogens is 470 g/mol. The number of hydrogen-bond donors (Lipinski definition) is 0. The maximum absolute atomic E-state index is 6.14. The van der Waals surface area contributed by atoms with Crippen molar-refractivity contribution in [1.29, 1.82) is 0 Å². The van der Waals surface area contributed by atoms with Crippen LogP contribution in [0.15, 0.2) is 18.2 Å². The van der Waals surface area contributed by atoms with E-state index in [1.807, 2.05) is 0 Å². The molecule has 102 valence electrons. The van der Waals surface area contributed by atoms with Gasteiger partial charge in [0.2, 0.25) is 0 Å². The summed E-state index contributed by atoms with van der Waals surface area (Å²) in [4.78, 5) is 0. The van der Waals surface area contributed by atoms with Gasteiger partial charge in [-0.25, -0.2) is 0 Å². The predicted molar refractivity (Wildman–Crippen MR) is 95.6 cm³/mol. The second kappa shape index (κ2) is 8.18. The fraction of sp³-hybridized carbons (Fsp3) is 0.538. The Kier molecular flexibility index (Phi) is 7.67. The highest BCUT2D eigenvalue weighted by Gasteiger charge is 2.37. The molecule has 0 N–H and O–H groups in total. The highest BCUT2D eigenvalue weighted by atomic mass is 127. The standard InChI is InChI=1S/C13H20I2O2Si/c1-4-9-16-18(3,17-10-5-2)13-11(14)7-6-8-12(13)15/h6-8H,4-5,9-10H2,1-3H3. The summed E-state index contributed by atoms with van der Waals surface area (Å²) in [7, 11) is -2.27. The Labute approximate surface area is 138 Å². The summed E-state index contributed by atoms with van der Waals surface area (Å²) in [6, 6.07) is 6.35. The number of halogens is 2. The average Bonchev–Trinajstić information content (AvgIpc) is 2.34. The van der Waals surface area contributed by atoms with Gasteiger partial charge in [-0.05, 0) is 76.7 Å². The normalized spacial score (nSPS) is 11.8. The van der Waals surface area contributed by atoms with E-state index < -0.39 is 8.56 Å². The molecule has 0 saturated heterocycles. The van der Waals surface area contributed by atoms with Crippen LogP contribution in [-0.2, 0) is 8.85 Å². The molecule has 0 unspecified atom stereocenters. The predicted octanol–water partition coefficient (Wildman–Crippen LogP) is 4.03. The second-order valence-electron chi connectivity index (χ2n) is 4.24. The van der Waals surface area contributed by atoms with Gasteiger partial charge < -0.3 is 8.85 Å². The zero-order chi connectivity index (χ0) is 13.6. The molecule has 0 aliphatic heterocycles. The van der Waals surface area contributed by atoms with E-state index in [0.29, 0.717) is 0 Å². The SMILES string of the molecule is CCCO[Si](C)(OCCC)c1c(I)cccc1I. The molecule has 2 nitrogen and oxygen atoms in total. The fourth-order valence-electron chi connectivity index (χ4n) is 1.71. The van der Waals surface area contributed by atoms with Crippen LogP contribution in [0.3, 0.4) is 0 Å². The molecule has 0 aromatic heterocycles. The summed E-state index contributed by atoms with van der Waals surface area (Å²) >= 11 is 4.77. The van der Waals surface area contributed by atoms with Crippen LogP contribution in [-0.4, -0.2) is 21.8 Å². The van der Waals surface area contributed by atoms with Crippen molar-refractivity contribution in [3.05, 3.63) is 25.3 Å². The highest BCUT2D eigenvalue weighted by Crippen LogP contribution is 2.18. The van der Waals surface area contributed by atoms with E-state index in [2.05, 4.69) is 83.8 Å². The topological polar surface area (TPSA) is 18.5 Å². The zero-order valence-corrected chi connectivity index (χ0v) is 16.4. The van der Waals surface area contributed by atoms with Gasteiger partial charge in [-0.2, -0.15) is 0 Å². The third-order valence-electron chi connectivity index (χ3n) is 2.58. The summed E-state index contributed by atoms with van der Waals surface area (Å²) in [5.74, 6) is 0. The molecule has 0 heterocycles. The van der Waals surface area contributed by atoms with Crippen LogP contribution < -0.4 is 5.19 Å². The number of rotatable bonds is 7. The van der Waals surface area contributed by atoms with Gasteiger partial charge in [0.15, 0.2) is 0 Å². The van der Waals surface area contributed by atoms with Gasteiger partial charge in [-0.1, -0.05) is 19.9 Å². The molecular formula is C13H20I2O2Si. The Morgan fingerprint density at radius 2 is 1.44 bits per heavy atom. The minimum absolute atomic E-state index is 0.771. The molecule has 0 saturated carbocycles. The third kappa shape index (κ3) is 4.43. The minimum atomic E-state index is -2.27. The lowest BCUT2D eigenvalue weighted by Gasteiger charge is -2.29. The number of hydrogen-bond acceptors (Lipinski definition) is 2. The van der Waals surface area contributed by atoms with Crippen molar-refractivity contribution >= 4 is 58.9 Å². The molecule has 18 heavy (non-hydrogen) atoms. The Balaban J connectivity index is 3.07. The van der Waals surface area contributed by atoms with Gasteiger partial charge in [-0.15, -0.1) is 0 Å². The molecule has 0 aliphatic carbocycles. The zero-order valence-electron chi connectivity index (χ0n) is 11.1. The van der Waals surface area contributed by atoms with Crippen molar-refractivity contribution in [3.63, 3.8) is 0 Å². The summed E-state index contributed by atoms with van der Waals surface area (Å²) in [5, 5.41) is 1.29. The molecule has 0 atom stereocenters. The van der Waals surface area contributed by atoms with Crippen LogP contribution in [0.1, 0.15) is 26.7 Å². The lowest BCUT2D eigenvalue weighted by Crippen LogP contribution is -2.54. The van der Waals surface area contributed by atoms with Crippen molar-refractivity contribution < 1.29 is 8.85 Å². The van der Waals surface area contributed by atoms with Crippen molar-refractivity contribution in [1.82, 2.24) is 0 Å². The van der Waals surface area contributed by atoms with Crippen LogP contribution in [0.5, 0.6) is 0 Å². The molecule has 0 fully saturated rings. The van der Waals surface area contributed by atoms with E-state index in [-0.39, 0.29) is 0 Å². The lowest BCUT2D eigenvalue weighted by molar-refractivity contribution is 0.185. The van der Waals surface area contributed by atoms with Crippen molar-refractivity contribution in [2.45, 2.75) is 33.2 Å². The maximum Gasteiger partial charge on any atom is 0.371 e. The minimum Gasteiger partial charge on any atom is -0.391 e. The van der Waals surface area contributed by atoms with Gasteiger partial charge >= 0.3 is 8.56 Å². The lowest BCUT2D eigenvalue weighted by atomic mass is 10.4. The van der Waals surface area contributed by atoms with Crippen molar-refractivity contribution in [3.8, 4) is 0 Å². The highest BCUT2D eigenvalue weighted by molar-refractivity contribution is 14.1. The van der Waals surface area contributed by atoms with Gasteiger partial charge in [-0.3, -0.25) is 0 Å². The van der Waals surface area contributed by atoms with Crippen LogP contribution in [0.4, 0.5) is 0 Å². The molecule has 1 aromatic carbocycles. The van der Waals surface area contributed by atoms with Crippen LogP contribution in [0.25, 0.3) is 0 Å². The van der Waals surface area contributed by atoms with E-state index >= 15 is 0 Å². The average molecular weight is 490 g/mol. The molecule has 0 amide bonds. The molecule has 5 heteroatoms. The molecule has 1 aromatic rings. The first-order valence-electron chi connectivity index (χ1n) is 6.27. The van der Waals surface area contributed by atoms with Gasteiger partial charge in [0, 0.05) is 25.5 Å². The first-order valence-corrected chi connectivity index (χ1v) is 10.7. The van der Waals surface area contributed by atoms with Crippen LogP contribution >= 0.6 is 45.2 Å². The second-order valence-corrected chi connectivity index (χ2v) is 9.53. The summed E-state index contributed by atoms with van der Waals surface area (Å²) in [6.45, 7) is 7.98. The molecule has 0 aliphatic rings. The summed E-state index contributed by atoms with van der Waals surface area (Å²) in [5.41, 5.74) is 0. The summed E-state index contributed by atoms with van der Waals surface area (Å²) < 4.78 is 14.8. The van der Waals surface area contributed by atoms with Gasteiger partial charge in [0.05, 0.1) is 0 Å². The summed E-state index contributed by atoms with van der Waals surface area (Å²) in [6.07, 6.45) is 2.05. The number of benzene rings is 1.